The number of carbonyl (C=O) groups excluding carboxylic acids is 1. The number of fused-ring (bicyclic) bond motifs is 2. The topological polar surface area (TPSA) is 32.3 Å². The molecule has 4 heteroatoms. The fraction of sp³-hybridized carbons (Fsp3) is 0.350. The number of piperidine rings is 1. The van der Waals surface area contributed by atoms with Gasteiger partial charge in [-0.25, -0.2) is 4.39 Å². The molecule has 0 radical (unpaired) electrons. The van der Waals surface area contributed by atoms with Crippen LogP contribution in [0, 0.1) is 11.7 Å². The van der Waals surface area contributed by atoms with Crippen LogP contribution in [0.2, 0.25) is 0 Å². The maximum absolute atomic E-state index is 14.1. The predicted octanol–water partition coefficient (Wildman–Crippen LogP) is 4.05. The van der Waals surface area contributed by atoms with Crippen LogP contribution < -0.4 is 5.32 Å². The van der Waals surface area contributed by atoms with E-state index < -0.39 is 0 Å². The molecule has 2 aromatic rings. The van der Waals surface area contributed by atoms with E-state index in [1.807, 2.05) is 24.3 Å². The Bertz CT molecular complexity index is 789. The first-order valence-corrected chi connectivity index (χ1v) is 8.54. The molecule has 1 saturated heterocycles. The Labute approximate surface area is 141 Å². The third-order valence-corrected chi connectivity index (χ3v) is 5.20. The van der Waals surface area contributed by atoms with Crippen molar-refractivity contribution >= 4 is 11.6 Å². The number of hydrogen-bond donors (Lipinski definition) is 1. The Morgan fingerprint density at radius 2 is 2.04 bits per heavy atom. The second-order valence-electron chi connectivity index (χ2n) is 6.96. The summed E-state index contributed by atoms with van der Waals surface area (Å²) in [5, 5.41) is 3.06. The van der Waals surface area contributed by atoms with Crippen LogP contribution in [0.1, 0.15) is 25.3 Å². The van der Waals surface area contributed by atoms with Gasteiger partial charge in [-0.1, -0.05) is 31.2 Å². The molecule has 1 fully saturated rings. The minimum Gasteiger partial charge on any atom is -0.324 e. The minimum atomic E-state index is -0.222. The lowest BCUT2D eigenvalue weighted by molar-refractivity contribution is -0.123. The van der Waals surface area contributed by atoms with E-state index in [2.05, 4.69) is 17.1 Å². The van der Waals surface area contributed by atoms with Crippen molar-refractivity contribution in [1.82, 2.24) is 4.90 Å². The van der Waals surface area contributed by atoms with Crippen LogP contribution in [-0.4, -0.2) is 23.4 Å². The maximum Gasteiger partial charge on any atom is 0.241 e. The monoisotopic (exact) mass is 324 g/mol. The van der Waals surface area contributed by atoms with Gasteiger partial charge in [0.25, 0.3) is 0 Å². The minimum absolute atomic E-state index is 0.0574. The molecule has 3 nitrogen and oxygen atoms in total. The lowest BCUT2D eigenvalue weighted by Gasteiger charge is -2.35. The summed E-state index contributed by atoms with van der Waals surface area (Å²) in [6, 6.07) is 12.5. The molecule has 0 bridgehead atoms. The second kappa shape index (κ2) is 6.02. The first-order chi connectivity index (χ1) is 11.6. The van der Waals surface area contributed by atoms with E-state index in [-0.39, 0.29) is 17.8 Å². The Morgan fingerprint density at radius 3 is 2.88 bits per heavy atom. The Hall–Kier alpha value is -2.20. The summed E-state index contributed by atoms with van der Waals surface area (Å²) in [6.45, 7) is 3.87. The highest BCUT2D eigenvalue weighted by Crippen LogP contribution is 2.33. The third-order valence-electron chi connectivity index (χ3n) is 5.20. The van der Waals surface area contributed by atoms with Gasteiger partial charge < -0.3 is 5.32 Å². The first kappa shape index (κ1) is 15.3. The summed E-state index contributed by atoms with van der Waals surface area (Å²) in [5.41, 5.74) is 3.35. The molecule has 2 aliphatic heterocycles. The fourth-order valence-corrected chi connectivity index (χ4v) is 3.80. The molecular weight excluding hydrogens is 303 g/mol. The lowest BCUT2D eigenvalue weighted by Crippen LogP contribution is -2.46. The number of hydrogen-bond acceptors (Lipinski definition) is 2. The highest BCUT2D eigenvalue weighted by atomic mass is 19.1. The fourth-order valence-electron chi connectivity index (χ4n) is 3.80. The first-order valence-electron chi connectivity index (χ1n) is 8.54. The number of halogens is 1. The molecule has 0 saturated carbocycles. The van der Waals surface area contributed by atoms with Crippen molar-refractivity contribution in [3.05, 3.63) is 53.8 Å². The van der Waals surface area contributed by atoms with E-state index >= 15 is 0 Å². The highest BCUT2D eigenvalue weighted by molar-refractivity contribution is 5.96. The number of rotatable bonds is 1. The van der Waals surface area contributed by atoms with E-state index in [0.29, 0.717) is 11.5 Å². The van der Waals surface area contributed by atoms with Crippen LogP contribution in [0.4, 0.5) is 10.1 Å². The van der Waals surface area contributed by atoms with Crippen molar-refractivity contribution in [3.63, 3.8) is 0 Å². The summed E-state index contributed by atoms with van der Waals surface area (Å²) < 4.78 is 14.1. The molecule has 1 N–H and O–H groups in total. The van der Waals surface area contributed by atoms with Crippen LogP contribution in [0.5, 0.6) is 0 Å². The van der Waals surface area contributed by atoms with Crippen molar-refractivity contribution in [3.8, 4) is 11.1 Å². The summed E-state index contributed by atoms with van der Waals surface area (Å²) >= 11 is 0. The van der Waals surface area contributed by atoms with Crippen molar-refractivity contribution in [1.29, 1.82) is 0 Å². The number of amides is 1. The SMILES string of the molecule is CC1CCN2Cc3cc(-c4ccccc4F)ccc3NC(=O)C2C1. The van der Waals surface area contributed by atoms with Gasteiger partial charge in [0.15, 0.2) is 0 Å². The largest absolute Gasteiger partial charge is 0.324 e. The standard InChI is InChI=1S/C20H21FN2O/c1-13-8-9-23-12-15-11-14(16-4-2-3-5-17(16)21)6-7-18(15)22-20(24)19(23)10-13/h2-7,11,13,19H,8-10,12H2,1H3,(H,22,24). The molecule has 2 aromatic carbocycles. The smallest absolute Gasteiger partial charge is 0.241 e. The van der Waals surface area contributed by atoms with E-state index in [1.54, 1.807) is 12.1 Å². The summed E-state index contributed by atoms with van der Waals surface area (Å²) in [7, 11) is 0. The normalized spacial score (nSPS) is 23.8. The molecule has 1 amide bonds. The zero-order valence-electron chi connectivity index (χ0n) is 13.8. The molecule has 124 valence electrons. The maximum atomic E-state index is 14.1. The Balaban J connectivity index is 1.71. The van der Waals surface area contributed by atoms with Gasteiger partial charge in [-0.2, -0.15) is 0 Å². The summed E-state index contributed by atoms with van der Waals surface area (Å²) in [4.78, 5) is 14.8. The van der Waals surface area contributed by atoms with Gasteiger partial charge in [-0.3, -0.25) is 9.69 Å². The predicted molar refractivity (Wildman–Crippen MR) is 93.1 cm³/mol. The number of carbonyl (C=O) groups is 1. The molecule has 2 aliphatic rings. The number of nitrogens with zero attached hydrogens (tertiary/aromatic N) is 1. The second-order valence-corrected chi connectivity index (χ2v) is 6.96. The molecule has 2 unspecified atom stereocenters. The van der Waals surface area contributed by atoms with Gasteiger partial charge in [-0.05, 0) is 54.6 Å². The van der Waals surface area contributed by atoms with Crippen molar-refractivity contribution in [2.75, 3.05) is 11.9 Å². The molecule has 0 spiro atoms. The van der Waals surface area contributed by atoms with Crippen molar-refractivity contribution in [2.45, 2.75) is 32.4 Å². The number of nitrogens with one attached hydrogen (secondary N) is 1. The molecule has 4 rings (SSSR count). The van der Waals surface area contributed by atoms with Crippen LogP contribution in [-0.2, 0) is 11.3 Å². The summed E-state index contributed by atoms with van der Waals surface area (Å²) in [5.74, 6) is 0.436. The van der Waals surface area contributed by atoms with Gasteiger partial charge in [0.1, 0.15) is 5.82 Å². The van der Waals surface area contributed by atoms with Gasteiger partial charge in [0, 0.05) is 17.8 Å². The number of anilines is 1. The van der Waals surface area contributed by atoms with Crippen LogP contribution in [0.3, 0.4) is 0 Å². The van der Waals surface area contributed by atoms with Crippen LogP contribution >= 0.6 is 0 Å². The number of benzene rings is 2. The summed E-state index contributed by atoms with van der Waals surface area (Å²) in [6.07, 6.45) is 2.02. The van der Waals surface area contributed by atoms with E-state index in [1.165, 1.54) is 6.07 Å². The molecule has 0 aromatic heterocycles. The van der Waals surface area contributed by atoms with Crippen LogP contribution in [0.15, 0.2) is 42.5 Å². The Morgan fingerprint density at radius 1 is 1.21 bits per heavy atom. The average Bonchev–Trinajstić information content (AvgIpc) is 2.71. The van der Waals surface area contributed by atoms with Crippen LogP contribution in [0.25, 0.3) is 11.1 Å². The van der Waals surface area contributed by atoms with Gasteiger partial charge in [0.05, 0.1) is 6.04 Å². The lowest BCUT2D eigenvalue weighted by atomic mass is 9.92. The van der Waals surface area contributed by atoms with E-state index in [0.717, 1.165) is 42.7 Å². The van der Waals surface area contributed by atoms with Gasteiger partial charge in [-0.15, -0.1) is 0 Å². The van der Waals surface area contributed by atoms with Gasteiger partial charge in [0.2, 0.25) is 5.91 Å². The molecule has 2 heterocycles. The van der Waals surface area contributed by atoms with E-state index in [4.69, 9.17) is 0 Å². The van der Waals surface area contributed by atoms with E-state index in [9.17, 15) is 9.18 Å². The zero-order valence-corrected chi connectivity index (χ0v) is 13.8. The van der Waals surface area contributed by atoms with Crippen molar-refractivity contribution < 1.29 is 9.18 Å². The molecule has 0 aliphatic carbocycles. The molecular formula is C20H21FN2O. The Kier molecular flexibility index (Phi) is 3.85. The molecule has 24 heavy (non-hydrogen) atoms. The highest BCUT2D eigenvalue weighted by Gasteiger charge is 2.34. The average molecular weight is 324 g/mol. The van der Waals surface area contributed by atoms with Gasteiger partial charge >= 0.3 is 0 Å². The molecule has 2 atom stereocenters. The third kappa shape index (κ3) is 2.71. The zero-order chi connectivity index (χ0) is 16.7. The quantitative estimate of drug-likeness (QED) is 0.858. The van der Waals surface area contributed by atoms with Crippen molar-refractivity contribution in [2.24, 2.45) is 5.92 Å².